The molecule has 0 saturated carbocycles. The van der Waals surface area contributed by atoms with Gasteiger partial charge in [-0.3, -0.25) is 0 Å². The van der Waals surface area contributed by atoms with E-state index in [2.05, 4.69) is 29.1 Å². The highest BCUT2D eigenvalue weighted by atomic mass is 19.1. The Morgan fingerprint density at radius 3 is 2.61 bits per heavy atom. The van der Waals surface area contributed by atoms with E-state index < -0.39 is 0 Å². The first-order valence-corrected chi connectivity index (χ1v) is 6.21. The number of hydrogen-bond acceptors (Lipinski definition) is 2. The average Bonchev–Trinajstić information content (AvgIpc) is 2.91. The summed E-state index contributed by atoms with van der Waals surface area (Å²) < 4.78 is 12.9. The summed E-state index contributed by atoms with van der Waals surface area (Å²) in [4.78, 5) is 7.33. The van der Waals surface area contributed by atoms with E-state index in [4.69, 9.17) is 0 Å². The summed E-state index contributed by atoms with van der Waals surface area (Å²) in [5, 5.41) is 3.49. The minimum absolute atomic E-state index is 0.134. The molecule has 2 atom stereocenters. The lowest BCUT2D eigenvalue weighted by Gasteiger charge is -2.21. The molecule has 1 aromatic carbocycles. The first-order chi connectivity index (χ1) is 8.70. The highest BCUT2D eigenvalue weighted by Crippen LogP contribution is 2.20. The molecule has 1 aromatic heterocycles. The van der Waals surface area contributed by atoms with Gasteiger partial charge in [0.1, 0.15) is 11.6 Å². The maximum Gasteiger partial charge on any atom is 0.123 e. The van der Waals surface area contributed by atoms with Gasteiger partial charge in [-0.25, -0.2) is 9.37 Å². The van der Waals surface area contributed by atoms with Crippen molar-refractivity contribution in [3.63, 3.8) is 0 Å². The summed E-state index contributed by atoms with van der Waals surface area (Å²) in [5.41, 5.74) is 1.09. The predicted molar refractivity (Wildman–Crippen MR) is 69.6 cm³/mol. The quantitative estimate of drug-likeness (QED) is 0.850. The van der Waals surface area contributed by atoms with Crippen LogP contribution in [0.3, 0.4) is 0 Å². The molecule has 0 radical (unpaired) electrons. The van der Waals surface area contributed by atoms with E-state index in [1.807, 2.05) is 18.3 Å². The van der Waals surface area contributed by atoms with Gasteiger partial charge in [0, 0.05) is 18.4 Å². The Morgan fingerprint density at radius 1 is 1.33 bits per heavy atom. The number of benzene rings is 1. The number of H-pyrrole nitrogens is 1. The monoisotopic (exact) mass is 247 g/mol. The third-order valence-electron chi connectivity index (χ3n) is 3.06. The summed E-state index contributed by atoms with van der Waals surface area (Å²) in [7, 11) is 0. The Labute approximate surface area is 106 Å². The Hall–Kier alpha value is -1.68. The second kappa shape index (κ2) is 5.78. The molecule has 0 amide bonds. The molecule has 4 heteroatoms. The highest BCUT2D eigenvalue weighted by Gasteiger charge is 2.14. The summed E-state index contributed by atoms with van der Waals surface area (Å²) >= 11 is 0. The molecule has 2 N–H and O–H groups in total. The number of hydrogen-bond donors (Lipinski definition) is 2. The van der Waals surface area contributed by atoms with E-state index in [-0.39, 0.29) is 17.9 Å². The predicted octanol–water partition coefficient (Wildman–Crippen LogP) is 3.35. The summed E-state index contributed by atoms with van der Waals surface area (Å²) in [6.45, 7) is 4.17. The Balaban J connectivity index is 2.07. The third-order valence-corrected chi connectivity index (χ3v) is 3.06. The van der Waals surface area contributed by atoms with Crippen molar-refractivity contribution >= 4 is 0 Å². The number of nitrogens with one attached hydrogen (secondary N) is 2. The van der Waals surface area contributed by atoms with Crippen LogP contribution in [0.1, 0.15) is 43.7 Å². The van der Waals surface area contributed by atoms with Crippen molar-refractivity contribution in [3.05, 3.63) is 53.9 Å². The number of halogens is 1. The van der Waals surface area contributed by atoms with E-state index in [1.165, 1.54) is 12.1 Å². The molecule has 2 aromatic rings. The first-order valence-electron chi connectivity index (χ1n) is 6.21. The molecule has 0 aliphatic rings. The molecule has 18 heavy (non-hydrogen) atoms. The molecule has 0 saturated heterocycles. The van der Waals surface area contributed by atoms with Crippen molar-refractivity contribution in [2.45, 2.75) is 32.4 Å². The van der Waals surface area contributed by atoms with Crippen LogP contribution in [0.25, 0.3) is 0 Å². The highest BCUT2D eigenvalue weighted by molar-refractivity contribution is 5.20. The van der Waals surface area contributed by atoms with Gasteiger partial charge in [-0.05, 0) is 31.0 Å². The number of rotatable bonds is 5. The van der Waals surface area contributed by atoms with E-state index >= 15 is 0 Å². The Kier molecular flexibility index (Phi) is 4.10. The lowest BCUT2D eigenvalue weighted by Crippen LogP contribution is -2.25. The van der Waals surface area contributed by atoms with Gasteiger partial charge in [0.2, 0.25) is 0 Å². The van der Waals surface area contributed by atoms with Crippen molar-refractivity contribution < 1.29 is 4.39 Å². The second-order valence-electron chi connectivity index (χ2n) is 4.38. The first kappa shape index (κ1) is 12.8. The molecule has 0 fully saturated rings. The van der Waals surface area contributed by atoms with Gasteiger partial charge >= 0.3 is 0 Å². The van der Waals surface area contributed by atoms with Crippen LogP contribution in [-0.2, 0) is 0 Å². The molecule has 3 nitrogen and oxygen atoms in total. The molecular weight excluding hydrogens is 229 g/mol. The standard InChI is InChI=1S/C14H18FN3/c1-3-13(11-4-6-12(15)7-5-11)18-10(2)14-16-8-9-17-14/h4-10,13,18H,3H2,1-2H3,(H,16,17). The maximum atomic E-state index is 12.9. The normalized spacial score (nSPS) is 14.4. The lowest BCUT2D eigenvalue weighted by molar-refractivity contribution is 0.444. The fourth-order valence-electron chi connectivity index (χ4n) is 2.04. The van der Waals surface area contributed by atoms with Crippen molar-refractivity contribution in [3.8, 4) is 0 Å². The van der Waals surface area contributed by atoms with Crippen LogP contribution in [0.4, 0.5) is 4.39 Å². The van der Waals surface area contributed by atoms with Gasteiger partial charge in [-0.1, -0.05) is 19.1 Å². The molecule has 0 bridgehead atoms. The molecule has 0 aliphatic heterocycles. The minimum Gasteiger partial charge on any atom is -0.347 e. The molecule has 0 spiro atoms. The van der Waals surface area contributed by atoms with Crippen LogP contribution in [0.5, 0.6) is 0 Å². The number of imidazole rings is 1. The molecule has 0 aliphatic carbocycles. The van der Waals surface area contributed by atoms with Crippen LogP contribution in [0, 0.1) is 5.82 Å². The largest absolute Gasteiger partial charge is 0.347 e. The van der Waals surface area contributed by atoms with Gasteiger partial charge in [0.15, 0.2) is 0 Å². The molecule has 1 heterocycles. The van der Waals surface area contributed by atoms with Gasteiger partial charge in [0.25, 0.3) is 0 Å². The smallest absolute Gasteiger partial charge is 0.123 e. The number of aromatic amines is 1. The fraction of sp³-hybridized carbons (Fsp3) is 0.357. The van der Waals surface area contributed by atoms with Crippen LogP contribution >= 0.6 is 0 Å². The van der Waals surface area contributed by atoms with Crippen LogP contribution in [-0.4, -0.2) is 9.97 Å². The molecule has 2 rings (SSSR count). The average molecular weight is 247 g/mol. The van der Waals surface area contributed by atoms with E-state index in [0.717, 1.165) is 17.8 Å². The molecular formula is C14H18FN3. The topological polar surface area (TPSA) is 40.7 Å². The SMILES string of the molecule is CCC(NC(C)c1ncc[nH]1)c1ccc(F)cc1. The third kappa shape index (κ3) is 2.96. The van der Waals surface area contributed by atoms with Crippen molar-refractivity contribution in [2.75, 3.05) is 0 Å². The van der Waals surface area contributed by atoms with Crippen LogP contribution in [0.15, 0.2) is 36.7 Å². The van der Waals surface area contributed by atoms with Gasteiger partial charge < -0.3 is 10.3 Å². The number of aromatic nitrogens is 2. The van der Waals surface area contributed by atoms with Gasteiger partial charge in [0.05, 0.1) is 6.04 Å². The zero-order valence-corrected chi connectivity index (χ0v) is 10.7. The maximum absolute atomic E-state index is 12.9. The molecule has 96 valence electrons. The summed E-state index contributed by atoms with van der Waals surface area (Å²) in [6, 6.07) is 6.98. The van der Waals surface area contributed by atoms with Crippen molar-refractivity contribution in [1.29, 1.82) is 0 Å². The Bertz CT molecular complexity index is 464. The summed E-state index contributed by atoms with van der Waals surface area (Å²) in [5.74, 6) is 0.711. The number of nitrogens with zero attached hydrogens (tertiary/aromatic N) is 1. The minimum atomic E-state index is -0.201. The van der Waals surface area contributed by atoms with Gasteiger partial charge in [-0.15, -0.1) is 0 Å². The van der Waals surface area contributed by atoms with Crippen LogP contribution in [0.2, 0.25) is 0 Å². The summed E-state index contributed by atoms with van der Waals surface area (Å²) in [6.07, 6.45) is 4.50. The second-order valence-corrected chi connectivity index (χ2v) is 4.38. The molecule has 2 unspecified atom stereocenters. The van der Waals surface area contributed by atoms with E-state index in [9.17, 15) is 4.39 Å². The van der Waals surface area contributed by atoms with Crippen LogP contribution < -0.4 is 5.32 Å². The zero-order valence-electron chi connectivity index (χ0n) is 10.7. The lowest BCUT2D eigenvalue weighted by atomic mass is 10.0. The van der Waals surface area contributed by atoms with E-state index in [0.29, 0.717) is 0 Å². The zero-order chi connectivity index (χ0) is 13.0. The van der Waals surface area contributed by atoms with Crippen molar-refractivity contribution in [1.82, 2.24) is 15.3 Å². The van der Waals surface area contributed by atoms with E-state index in [1.54, 1.807) is 6.20 Å². The van der Waals surface area contributed by atoms with Gasteiger partial charge in [-0.2, -0.15) is 0 Å². The Morgan fingerprint density at radius 2 is 2.06 bits per heavy atom. The van der Waals surface area contributed by atoms with Crippen molar-refractivity contribution in [2.24, 2.45) is 0 Å². The fourth-order valence-corrected chi connectivity index (χ4v) is 2.04.